The second-order valence-corrected chi connectivity index (χ2v) is 6.40. The summed E-state index contributed by atoms with van der Waals surface area (Å²) in [5.41, 5.74) is 3.40. The summed E-state index contributed by atoms with van der Waals surface area (Å²) < 4.78 is 2.06. The number of aromatic nitrogens is 3. The minimum atomic E-state index is 0.777. The lowest BCUT2D eigenvalue weighted by Crippen LogP contribution is -2.31. The first-order valence-electron chi connectivity index (χ1n) is 8.43. The highest BCUT2D eigenvalue weighted by Crippen LogP contribution is 2.22. The van der Waals surface area contributed by atoms with E-state index in [0.717, 1.165) is 36.7 Å². The SMILES string of the molecule is CCCn1nccc1-c1cccc(CC2CCN(C)CC2)n1. The Kier molecular flexibility index (Phi) is 4.88. The van der Waals surface area contributed by atoms with Gasteiger partial charge in [0.25, 0.3) is 0 Å². The van der Waals surface area contributed by atoms with Gasteiger partial charge >= 0.3 is 0 Å². The lowest BCUT2D eigenvalue weighted by molar-refractivity contribution is 0.218. The molecule has 4 heteroatoms. The Morgan fingerprint density at radius 2 is 2.00 bits per heavy atom. The van der Waals surface area contributed by atoms with Crippen LogP contribution in [-0.4, -0.2) is 39.8 Å². The Bertz CT molecular complexity index is 597. The predicted molar refractivity (Wildman–Crippen MR) is 89.7 cm³/mol. The molecule has 0 atom stereocenters. The molecule has 1 fully saturated rings. The smallest absolute Gasteiger partial charge is 0.0886 e. The van der Waals surface area contributed by atoms with Crippen LogP contribution in [0.2, 0.25) is 0 Å². The number of likely N-dealkylation sites (tertiary alicyclic amines) is 1. The van der Waals surface area contributed by atoms with Gasteiger partial charge in [0, 0.05) is 18.4 Å². The molecule has 0 spiro atoms. The van der Waals surface area contributed by atoms with Crippen molar-refractivity contribution >= 4 is 0 Å². The van der Waals surface area contributed by atoms with Gasteiger partial charge in [-0.05, 0) is 69.9 Å². The molecule has 0 bridgehead atoms. The van der Waals surface area contributed by atoms with Crippen LogP contribution >= 0.6 is 0 Å². The Morgan fingerprint density at radius 1 is 1.18 bits per heavy atom. The standard InChI is InChI=1S/C18H26N4/c1-3-11-22-18(7-10-19-22)17-6-4-5-16(20-17)14-15-8-12-21(2)13-9-15/h4-7,10,15H,3,8-9,11-14H2,1-2H3. The van der Waals surface area contributed by atoms with Gasteiger partial charge in [0.1, 0.15) is 0 Å². The zero-order valence-corrected chi connectivity index (χ0v) is 13.7. The first-order chi connectivity index (χ1) is 10.8. The van der Waals surface area contributed by atoms with E-state index in [9.17, 15) is 0 Å². The number of aryl methyl sites for hydroxylation is 1. The van der Waals surface area contributed by atoms with Gasteiger partial charge in [0.05, 0.1) is 11.4 Å². The molecule has 1 aliphatic rings. The number of hydrogen-bond acceptors (Lipinski definition) is 3. The third-order valence-electron chi connectivity index (χ3n) is 4.56. The number of nitrogens with zero attached hydrogens (tertiary/aromatic N) is 4. The first-order valence-corrected chi connectivity index (χ1v) is 8.43. The zero-order valence-electron chi connectivity index (χ0n) is 13.7. The average Bonchev–Trinajstić information content (AvgIpc) is 2.99. The van der Waals surface area contributed by atoms with E-state index in [1.165, 1.54) is 31.6 Å². The fraction of sp³-hybridized carbons (Fsp3) is 0.556. The highest BCUT2D eigenvalue weighted by atomic mass is 15.3. The molecule has 3 heterocycles. The summed E-state index contributed by atoms with van der Waals surface area (Å²) in [4.78, 5) is 7.32. The molecule has 1 saturated heterocycles. The lowest BCUT2D eigenvalue weighted by Gasteiger charge is -2.28. The van der Waals surface area contributed by atoms with Crippen LogP contribution in [0.5, 0.6) is 0 Å². The normalized spacial score (nSPS) is 17.0. The summed E-state index contributed by atoms with van der Waals surface area (Å²) in [5.74, 6) is 0.777. The average molecular weight is 298 g/mol. The maximum Gasteiger partial charge on any atom is 0.0886 e. The molecule has 22 heavy (non-hydrogen) atoms. The van der Waals surface area contributed by atoms with Crippen LogP contribution in [0.15, 0.2) is 30.5 Å². The maximum atomic E-state index is 4.90. The van der Waals surface area contributed by atoms with Crippen LogP contribution in [0.4, 0.5) is 0 Å². The highest BCUT2D eigenvalue weighted by Gasteiger charge is 2.18. The van der Waals surface area contributed by atoms with Gasteiger partial charge in [-0.3, -0.25) is 9.67 Å². The van der Waals surface area contributed by atoms with Crippen LogP contribution in [0.25, 0.3) is 11.4 Å². The Hall–Kier alpha value is -1.68. The molecule has 118 valence electrons. The number of rotatable bonds is 5. The van der Waals surface area contributed by atoms with Gasteiger partial charge in [-0.15, -0.1) is 0 Å². The van der Waals surface area contributed by atoms with E-state index in [1.54, 1.807) is 0 Å². The third-order valence-corrected chi connectivity index (χ3v) is 4.56. The molecule has 0 unspecified atom stereocenters. The molecule has 0 amide bonds. The van der Waals surface area contributed by atoms with Crippen molar-refractivity contribution in [1.82, 2.24) is 19.7 Å². The number of pyridine rings is 1. The molecule has 0 saturated carbocycles. The van der Waals surface area contributed by atoms with Gasteiger partial charge in [-0.2, -0.15) is 5.10 Å². The molecule has 2 aromatic heterocycles. The van der Waals surface area contributed by atoms with Crippen LogP contribution in [0, 0.1) is 5.92 Å². The maximum absolute atomic E-state index is 4.90. The fourth-order valence-corrected chi connectivity index (χ4v) is 3.24. The summed E-state index contributed by atoms with van der Waals surface area (Å²) in [6.45, 7) is 5.56. The van der Waals surface area contributed by atoms with Crippen molar-refractivity contribution in [3.8, 4) is 11.4 Å². The van der Waals surface area contributed by atoms with Crippen LogP contribution < -0.4 is 0 Å². The van der Waals surface area contributed by atoms with Crippen LogP contribution in [0.1, 0.15) is 31.9 Å². The quantitative estimate of drug-likeness (QED) is 0.850. The Balaban J connectivity index is 1.73. The van der Waals surface area contributed by atoms with E-state index in [2.05, 4.69) is 52.9 Å². The third kappa shape index (κ3) is 3.55. The van der Waals surface area contributed by atoms with E-state index < -0.39 is 0 Å². The lowest BCUT2D eigenvalue weighted by atomic mass is 9.92. The van der Waals surface area contributed by atoms with Gasteiger partial charge in [0.15, 0.2) is 0 Å². The fourth-order valence-electron chi connectivity index (χ4n) is 3.24. The highest BCUT2D eigenvalue weighted by molar-refractivity contribution is 5.54. The summed E-state index contributed by atoms with van der Waals surface area (Å²) in [5, 5.41) is 4.41. The zero-order chi connectivity index (χ0) is 15.4. The van der Waals surface area contributed by atoms with E-state index in [1.807, 2.05) is 6.20 Å². The summed E-state index contributed by atoms with van der Waals surface area (Å²) in [6, 6.07) is 8.47. The minimum absolute atomic E-state index is 0.777. The molecule has 2 aromatic rings. The summed E-state index contributed by atoms with van der Waals surface area (Å²) >= 11 is 0. The largest absolute Gasteiger partial charge is 0.306 e. The topological polar surface area (TPSA) is 34.0 Å². The summed E-state index contributed by atoms with van der Waals surface area (Å²) in [6.07, 6.45) is 6.64. The van der Waals surface area contributed by atoms with Gasteiger partial charge in [-0.25, -0.2) is 0 Å². The van der Waals surface area contributed by atoms with Crippen molar-refractivity contribution in [1.29, 1.82) is 0 Å². The van der Waals surface area contributed by atoms with Gasteiger partial charge in [-0.1, -0.05) is 13.0 Å². The molecule has 0 aliphatic carbocycles. The summed E-state index contributed by atoms with van der Waals surface area (Å²) in [7, 11) is 2.21. The Labute approximate surface area is 133 Å². The van der Waals surface area contributed by atoms with Crippen molar-refractivity contribution in [3.05, 3.63) is 36.2 Å². The molecule has 0 radical (unpaired) electrons. The van der Waals surface area contributed by atoms with E-state index in [4.69, 9.17) is 4.98 Å². The minimum Gasteiger partial charge on any atom is -0.306 e. The molecule has 4 nitrogen and oxygen atoms in total. The molecule has 1 aliphatic heterocycles. The second-order valence-electron chi connectivity index (χ2n) is 6.40. The van der Waals surface area contributed by atoms with E-state index in [0.29, 0.717) is 0 Å². The van der Waals surface area contributed by atoms with Crippen molar-refractivity contribution < 1.29 is 0 Å². The second kappa shape index (κ2) is 7.05. The van der Waals surface area contributed by atoms with Crippen molar-refractivity contribution in [2.75, 3.05) is 20.1 Å². The molecular formula is C18H26N4. The monoisotopic (exact) mass is 298 g/mol. The molecule has 0 N–H and O–H groups in total. The van der Waals surface area contributed by atoms with Crippen molar-refractivity contribution in [2.45, 2.75) is 39.2 Å². The van der Waals surface area contributed by atoms with Gasteiger partial charge in [0.2, 0.25) is 0 Å². The van der Waals surface area contributed by atoms with E-state index >= 15 is 0 Å². The number of hydrogen-bond donors (Lipinski definition) is 0. The Morgan fingerprint density at radius 3 is 2.77 bits per heavy atom. The van der Waals surface area contributed by atoms with Crippen LogP contribution in [0.3, 0.4) is 0 Å². The van der Waals surface area contributed by atoms with E-state index in [-0.39, 0.29) is 0 Å². The number of piperidine rings is 1. The van der Waals surface area contributed by atoms with Crippen molar-refractivity contribution in [3.63, 3.8) is 0 Å². The van der Waals surface area contributed by atoms with Crippen molar-refractivity contribution in [2.24, 2.45) is 5.92 Å². The first kappa shape index (κ1) is 15.2. The van der Waals surface area contributed by atoms with Crippen LogP contribution in [-0.2, 0) is 13.0 Å². The predicted octanol–water partition coefficient (Wildman–Crippen LogP) is 3.24. The van der Waals surface area contributed by atoms with Gasteiger partial charge < -0.3 is 4.90 Å². The molecular weight excluding hydrogens is 272 g/mol. The molecule has 0 aromatic carbocycles. The molecule has 3 rings (SSSR count).